The Labute approximate surface area is 150 Å². The van der Waals surface area contributed by atoms with Gasteiger partial charge >= 0.3 is 6.09 Å². The fourth-order valence-electron chi connectivity index (χ4n) is 3.47. The molecule has 1 fully saturated rings. The van der Waals surface area contributed by atoms with Crippen LogP contribution in [0.4, 0.5) is 4.79 Å². The molecule has 140 valence electrons. The van der Waals surface area contributed by atoms with Crippen LogP contribution in [-0.4, -0.2) is 36.1 Å². The Balaban J connectivity index is 2.15. The van der Waals surface area contributed by atoms with Crippen LogP contribution in [0.25, 0.3) is 0 Å². The number of ether oxygens (including phenoxy) is 2. The average Bonchev–Trinajstić information content (AvgIpc) is 2.54. The number of amides is 1. The summed E-state index contributed by atoms with van der Waals surface area (Å²) in [6.45, 7) is 5.85. The van der Waals surface area contributed by atoms with Gasteiger partial charge in [-0.25, -0.2) is 4.79 Å². The second-order valence-corrected chi connectivity index (χ2v) is 7.87. The van der Waals surface area contributed by atoms with E-state index in [4.69, 9.17) is 9.47 Å². The summed E-state index contributed by atoms with van der Waals surface area (Å²) in [5.74, 6) is 0.601. The van der Waals surface area contributed by atoms with E-state index < -0.39 is 17.3 Å². The van der Waals surface area contributed by atoms with E-state index in [1.807, 2.05) is 45.0 Å². The van der Waals surface area contributed by atoms with Crippen molar-refractivity contribution in [3.05, 3.63) is 29.8 Å². The summed E-state index contributed by atoms with van der Waals surface area (Å²) >= 11 is 0. The Kier molecular flexibility index (Phi) is 6.33. The lowest BCUT2D eigenvalue weighted by Gasteiger charge is -2.39. The smallest absolute Gasteiger partial charge is 0.407 e. The molecule has 0 heterocycles. The third-order valence-electron chi connectivity index (χ3n) is 4.74. The van der Waals surface area contributed by atoms with E-state index >= 15 is 0 Å². The van der Waals surface area contributed by atoms with Gasteiger partial charge in [0.2, 0.25) is 0 Å². The highest BCUT2D eigenvalue weighted by molar-refractivity contribution is 5.67. The van der Waals surface area contributed by atoms with Gasteiger partial charge in [0, 0.05) is 12.5 Å². The third kappa shape index (κ3) is 5.63. The number of aliphatic hydroxyl groups is 1. The Morgan fingerprint density at radius 2 is 1.80 bits per heavy atom. The molecular formula is C20H31NO4. The van der Waals surface area contributed by atoms with Crippen LogP contribution in [0.2, 0.25) is 0 Å². The van der Waals surface area contributed by atoms with Crippen LogP contribution in [0.15, 0.2) is 24.3 Å². The molecule has 0 spiro atoms. The molecule has 0 unspecified atom stereocenters. The third-order valence-corrected chi connectivity index (χ3v) is 4.74. The predicted octanol–water partition coefficient (Wildman–Crippen LogP) is 4.00. The molecule has 5 heteroatoms. The minimum Gasteiger partial charge on any atom is -0.497 e. The average molecular weight is 349 g/mol. The predicted molar refractivity (Wildman–Crippen MR) is 98.0 cm³/mol. The first-order valence-electron chi connectivity index (χ1n) is 9.07. The fourth-order valence-corrected chi connectivity index (χ4v) is 3.47. The zero-order valence-electron chi connectivity index (χ0n) is 15.8. The Morgan fingerprint density at radius 1 is 1.20 bits per heavy atom. The van der Waals surface area contributed by atoms with Crippen molar-refractivity contribution in [3.63, 3.8) is 0 Å². The zero-order valence-corrected chi connectivity index (χ0v) is 15.8. The van der Waals surface area contributed by atoms with Crippen LogP contribution in [0.5, 0.6) is 5.75 Å². The van der Waals surface area contributed by atoms with E-state index in [-0.39, 0.29) is 5.92 Å². The van der Waals surface area contributed by atoms with Gasteiger partial charge in [-0.3, -0.25) is 0 Å². The van der Waals surface area contributed by atoms with Crippen molar-refractivity contribution < 1.29 is 19.4 Å². The van der Waals surface area contributed by atoms with Gasteiger partial charge in [-0.2, -0.15) is 0 Å². The van der Waals surface area contributed by atoms with Gasteiger partial charge in [0.15, 0.2) is 0 Å². The maximum Gasteiger partial charge on any atom is 0.407 e. The van der Waals surface area contributed by atoms with Gasteiger partial charge in [-0.05, 0) is 51.3 Å². The molecule has 1 aromatic rings. The van der Waals surface area contributed by atoms with Crippen LogP contribution >= 0.6 is 0 Å². The largest absolute Gasteiger partial charge is 0.497 e. The van der Waals surface area contributed by atoms with Gasteiger partial charge in [0.05, 0.1) is 12.7 Å². The standard InChI is InChI=1S/C20H31NO4/c1-19(2,3)25-18(22)21-14-17(20(23)12-6-5-7-13-20)15-8-10-16(24-4)11-9-15/h8-11,17,23H,5-7,12-14H2,1-4H3,(H,21,22)/t17-/m0/s1. The molecule has 0 aliphatic heterocycles. The maximum absolute atomic E-state index is 12.0. The van der Waals surface area contributed by atoms with E-state index in [9.17, 15) is 9.90 Å². The molecule has 2 rings (SSSR count). The van der Waals surface area contributed by atoms with E-state index in [1.165, 1.54) is 0 Å². The summed E-state index contributed by atoms with van der Waals surface area (Å²) < 4.78 is 10.5. The lowest BCUT2D eigenvalue weighted by molar-refractivity contribution is -0.0222. The van der Waals surface area contributed by atoms with Crippen molar-refractivity contribution in [2.24, 2.45) is 0 Å². The fraction of sp³-hybridized carbons (Fsp3) is 0.650. The van der Waals surface area contributed by atoms with Crippen molar-refractivity contribution in [1.82, 2.24) is 5.32 Å². The highest BCUT2D eigenvalue weighted by Gasteiger charge is 2.39. The van der Waals surface area contributed by atoms with Crippen molar-refractivity contribution in [2.45, 2.75) is 70.0 Å². The zero-order chi connectivity index (χ0) is 18.5. The Morgan fingerprint density at radius 3 is 2.32 bits per heavy atom. The Hall–Kier alpha value is -1.75. The minimum absolute atomic E-state index is 0.175. The molecule has 0 bridgehead atoms. The lowest BCUT2D eigenvalue weighted by Crippen LogP contribution is -2.45. The number of methoxy groups -OCH3 is 1. The summed E-state index contributed by atoms with van der Waals surface area (Å²) in [4.78, 5) is 12.0. The number of benzene rings is 1. The van der Waals surface area contributed by atoms with E-state index in [0.717, 1.165) is 43.4 Å². The van der Waals surface area contributed by atoms with Crippen molar-refractivity contribution in [2.75, 3.05) is 13.7 Å². The summed E-state index contributed by atoms with van der Waals surface area (Å²) in [5.41, 5.74) is -0.343. The molecule has 1 aliphatic carbocycles. The molecule has 5 nitrogen and oxygen atoms in total. The number of nitrogens with one attached hydrogen (secondary N) is 1. The molecule has 1 saturated carbocycles. The van der Waals surface area contributed by atoms with E-state index in [2.05, 4.69) is 5.32 Å². The monoisotopic (exact) mass is 349 g/mol. The summed E-state index contributed by atoms with van der Waals surface area (Å²) in [6, 6.07) is 7.71. The summed E-state index contributed by atoms with van der Waals surface area (Å²) in [7, 11) is 1.63. The number of rotatable bonds is 5. The lowest BCUT2D eigenvalue weighted by atomic mass is 9.73. The summed E-state index contributed by atoms with van der Waals surface area (Å²) in [6.07, 6.45) is 4.22. The van der Waals surface area contributed by atoms with Crippen molar-refractivity contribution in [1.29, 1.82) is 0 Å². The molecule has 1 aliphatic rings. The molecule has 1 atom stereocenters. The number of carbonyl (C=O) groups excluding carboxylic acids is 1. The molecule has 0 saturated heterocycles. The maximum atomic E-state index is 12.0. The Bertz CT molecular complexity index is 556. The van der Waals surface area contributed by atoms with Gasteiger partial charge in [-0.1, -0.05) is 31.4 Å². The van der Waals surface area contributed by atoms with Crippen molar-refractivity contribution in [3.8, 4) is 5.75 Å². The van der Waals surface area contributed by atoms with Gasteiger partial charge in [0.1, 0.15) is 11.4 Å². The molecule has 0 aromatic heterocycles. The number of carbonyl (C=O) groups is 1. The summed E-state index contributed by atoms with van der Waals surface area (Å²) in [5, 5.41) is 14.1. The SMILES string of the molecule is COc1ccc([C@H](CNC(=O)OC(C)(C)C)C2(O)CCCCC2)cc1. The normalized spacial score (nSPS) is 18.3. The molecule has 2 N–H and O–H groups in total. The quantitative estimate of drug-likeness (QED) is 0.843. The van der Waals surface area contributed by atoms with Crippen LogP contribution in [0.3, 0.4) is 0 Å². The van der Waals surface area contributed by atoms with Crippen LogP contribution in [0, 0.1) is 0 Å². The number of alkyl carbamates (subject to hydrolysis) is 1. The van der Waals surface area contributed by atoms with Gasteiger partial charge < -0.3 is 19.9 Å². The van der Waals surface area contributed by atoms with E-state index in [1.54, 1.807) is 7.11 Å². The van der Waals surface area contributed by atoms with Gasteiger partial charge in [0.25, 0.3) is 0 Å². The molecule has 1 amide bonds. The highest BCUT2D eigenvalue weighted by Crippen LogP contribution is 2.40. The molecule has 25 heavy (non-hydrogen) atoms. The number of hydrogen-bond acceptors (Lipinski definition) is 4. The minimum atomic E-state index is -0.804. The second kappa shape index (κ2) is 8.09. The first-order valence-corrected chi connectivity index (χ1v) is 9.07. The molecular weight excluding hydrogens is 318 g/mol. The molecule has 1 aromatic carbocycles. The highest BCUT2D eigenvalue weighted by atomic mass is 16.6. The van der Waals surface area contributed by atoms with Crippen LogP contribution in [0.1, 0.15) is 64.4 Å². The first kappa shape index (κ1) is 19.6. The first-order chi connectivity index (χ1) is 11.7. The second-order valence-electron chi connectivity index (χ2n) is 7.87. The molecule has 0 radical (unpaired) electrons. The van der Waals surface area contributed by atoms with Gasteiger partial charge in [-0.15, -0.1) is 0 Å². The van der Waals surface area contributed by atoms with Crippen molar-refractivity contribution >= 4 is 6.09 Å². The topological polar surface area (TPSA) is 67.8 Å². The van der Waals surface area contributed by atoms with E-state index in [0.29, 0.717) is 6.54 Å². The van der Waals surface area contributed by atoms with Crippen LogP contribution in [-0.2, 0) is 4.74 Å². The van der Waals surface area contributed by atoms with Crippen LogP contribution < -0.4 is 10.1 Å². The number of hydrogen-bond donors (Lipinski definition) is 2.